The molecule has 0 fully saturated rings. The summed E-state index contributed by atoms with van der Waals surface area (Å²) >= 11 is 0. The zero-order chi connectivity index (χ0) is 12.3. The number of nitrogens with two attached hydrogens (primary N) is 1. The molecule has 0 heterocycles. The number of hydrogen-bond donors (Lipinski definition) is 2. The van der Waals surface area contributed by atoms with E-state index in [-0.39, 0.29) is 18.3 Å². The van der Waals surface area contributed by atoms with Crippen LogP contribution in [0.4, 0.5) is 0 Å². The highest BCUT2D eigenvalue weighted by Crippen LogP contribution is 2.36. The van der Waals surface area contributed by atoms with Crippen LogP contribution in [0, 0.1) is 12.3 Å². The molecule has 0 aromatic heterocycles. The molecule has 0 saturated heterocycles. The highest BCUT2D eigenvalue weighted by atomic mass is 28.4. The smallest absolute Gasteiger partial charge is 0.192 e. The Bertz CT molecular complexity index is 252. The van der Waals surface area contributed by atoms with Crippen LogP contribution in [-0.4, -0.2) is 32.2 Å². The SMILES string of the molecule is C#C[C@@](N)(CO)CO[Si](C)(C)C(C)(C)C. The van der Waals surface area contributed by atoms with Crippen LogP contribution in [0.25, 0.3) is 0 Å². The average molecular weight is 229 g/mol. The van der Waals surface area contributed by atoms with Gasteiger partial charge in [0.15, 0.2) is 8.32 Å². The van der Waals surface area contributed by atoms with E-state index >= 15 is 0 Å². The Morgan fingerprint density at radius 1 is 1.40 bits per heavy atom. The van der Waals surface area contributed by atoms with Crippen LogP contribution in [0.5, 0.6) is 0 Å². The standard InChI is InChI=1S/C11H23NO2Si/c1-7-11(12,8-13)9-14-15(5,6)10(2,3)4/h1,13H,8-9,12H2,2-6H3/t11-/m1/s1. The third-order valence-electron chi connectivity index (χ3n) is 3.07. The fourth-order valence-electron chi connectivity index (χ4n) is 0.659. The van der Waals surface area contributed by atoms with E-state index < -0.39 is 13.9 Å². The zero-order valence-electron chi connectivity index (χ0n) is 10.4. The van der Waals surface area contributed by atoms with E-state index in [1.54, 1.807) is 0 Å². The highest BCUT2D eigenvalue weighted by molar-refractivity contribution is 6.74. The van der Waals surface area contributed by atoms with Gasteiger partial charge in [0.2, 0.25) is 0 Å². The lowest BCUT2D eigenvalue weighted by Gasteiger charge is -2.38. The summed E-state index contributed by atoms with van der Waals surface area (Å²) in [5, 5.41) is 9.18. The topological polar surface area (TPSA) is 55.5 Å². The summed E-state index contributed by atoms with van der Waals surface area (Å²) < 4.78 is 5.85. The van der Waals surface area contributed by atoms with Gasteiger partial charge in [-0.05, 0) is 18.1 Å². The van der Waals surface area contributed by atoms with Crippen molar-refractivity contribution in [3.63, 3.8) is 0 Å². The minimum Gasteiger partial charge on any atom is -0.414 e. The van der Waals surface area contributed by atoms with E-state index in [1.165, 1.54) is 0 Å². The van der Waals surface area contributed by atoms with Gasteiger partial charge < -0.3 is 15.3 Å². The molecular weight excluding hydrogens is 206 g/mol. The van der Waals surface area contributed by atoms with Crippen molar-refractivity contribution in [1.82, 2.24) is 0 Å². The average Bonchev–Trinajstić information content (AvgIpc) is 2.13. The molecule has 0 spiro atoms. The molecule has 0 aromatic carbocycles. The van der Waals surface area contributed by atoms with Crippen LogP contribution >= 0.6 is 0 Å². The van der Waals surface area contributed by atoms with Gasteiger partial charge in [-0.2, -0.15) is 0 Å². The van der Waals surface area contributed by atoms with Gasteiger partial charge in [-0.1, -0.05) is 26.7 Å². The molecule has 88 valence electrons. The Morgan fingerprint density at radius 3 is 2.13 bits per heavy atom. The molecule has 15 heavy (non-hydrogen) atoms. The molecule has 3 N–H and O–H groups in total. The summed E-state index contributed by atoms with van der Waals surface area (Å²) in [5.74, 6) is 2.38. The lowest BCUT2D eigenvalue weighted by Crippen LogP contribution is -2.51. The third kappa shape index (κ3) is 3.96. The van der Waals surface area contributed by atoms with Gasteiger partial charge in [-0.25, -0.2) is 0 Å². The lowest BCUT2D eigenvalue weighted by atomic mass is 10.1. The molecule has 0 aliphatic heterocycles. The second-order valence-electron chi connectivity index (χ2n) is 5.51. The maximum absolute atomic E-state index is 9.05. The van der Waals surface area contributed by atoms with Gasteiger partial charge in [-0.15, -0.1) is 6.42 Å². The van der Waals surface area contributed by atoms with Crippen LogP contribution in [0.1, 0.15) is 20.8 Å². The van der Waals surface area contributed by atoms with Gasteiger partial charge in [-0.3, -0.25) is 0 Å². The summed E-state index contributed by atoms with van der Waals surface area (Å²) in [5.41, 5.74) is 4.71. The fourth-order valence-corrected chi connectivity index (χ4v) is 1.71. The molecule has 1 atom stereocenters. The van der Waals surface area contributed by atoms with Crippen molar-refractivity contribution in [2.24, 2.45) is 5.73 Å². The number of aliphatic hydroxyl groups is 1. The molecule has 0 aliphatic carbocycles. The number of hydrogen-bond acceptors (Lipinski definition) is 3. The largest absolute Gasteiger partial charge is 0.414 e. The second-order valence-corrected chi connectivity index (χ2v) is 10.3. The van der Waals surface area contributed by atoms with Crippen molar-refractivity contribution >= 4 is 8.32 Å². The predicted molar refractivity (Wildman–Crippen MR) is 66.0 cm³/mol. The van der Waals surface area contributed by atoms with E-state index in [4.69, 9.17) is 21.7 Å². The summed E-state index contributed by atoms with van der Waals surface area (Å²) in [7, 11) is -1.83. The molecule has 4 heteroatoms. The molecule has 0 unspecified atom stereocenters. The Labute approximate surface area is 94.1 Å². The van der Waals surface area contributed by atoms with E-state index in [2.05, 4.69) is 39.8 Å². The van der Waals surface area contributed by atoms with Crippen molar-refractivity contribution < 1.29 is 9.53 Å². The first-order valence-electron chi connectivity index (χ1n) is 5.09. The maximum atomic E-state index is 9.05. The number of terminal acetylenes is 1. The van der Waals surface area contributed by atoms with Crippen LogP contribution in [0.2, 0.25) is 18.1 Å². The van der Waals surface area contributed by atoms with Crippen LogP contribution in [0.15, 0.2) is 0 Å². The van der Waals surface area contributed by atoms with E-state index in [0.717, 1.165) is 0 Å². The summed E-state index contributed by atoms with van der Waals surface area (Å²) in [4.78, 5) is 0. The molecule has 0 bridgehead atoms. The first-order valence-corrected chi connectivity index (χ1v) is 8.00. The van der Waals surface area contributed by atoms with E-state index in [1.807, 2.05) is 0 Å². The molecule has 3 nitrogen and oxygen atoms in total. The van der Waals surface area contributed by atoms with Gasteiger partial charge in [0, 0.05) is 0 Å². The Balaban J connectivity index is 4.47. The van der Waals surface area contributed by atoms with Crippen molar-refractivity contribution in [3.05, 3.63) is 0 Å². The van der Waals surface area contributed by atoms with E-state index in [0.29, 0.717) is 0 Å². The highest BCUT2D eigenvalue weighted by Gasteiger charge is 2.38. The second kappa shape index (κ2) is 4.66. The Kier molecular flexibility index (Phi) is 4.56. The first kappa shape index (κ1) is 14.7. The third-order valence-corrected chi connectivity index (χ3v) is 7.54. The van der Waals surface area contributed by atoms with Gasteiger partial charge in [0.05, 0.1) is 13.2 Å². The fraction of sp³-hybridized carbons (Fsp3) is 0.818. The van der Waals surface area contributed by atoms with Crippen molar-refractivity contribution in [1.29, 1.82) is 0 Å². The van der Waals surface area contributed by atoms with Crippen molar-refractivity contribution in [2.75, 3.05) is 13.2 Å². The molecule has 0 radical (unpaired) electrons. The molecule has 0 aromatic rings. The first-order chi connectivity index (χ1) is 6.58. The molecular formula is C11H23NO2Si. The van der Waals surface area contributed by atoms with Crippen LogP contribution < -0.4 is 5.73 Å². The summed E-state index contributed by atoms with van der Waals surface area (Å²) in [6.07, 6.45) is 5.26. The summed E-state index contributed by atoms with van der Waals surface area (Å²) in [6, 6.07) is 0. The molecule has 0 rings (SSSR count). The zero-order valence-corrected chi connectivity index (χ0v) is 11.4. The quantitative estimate of drug-likeness (QED) is 0.565. The van der Waals surface area contributed by atoms with Crippen LogP contribution in [0.3, 0.4) is 0 Å². The normalized spacial score (nSPS) is 16.9. The maximum Gasteiger partial charge on any atom is 0.192 e. The minimum atomic E-state index is -1.83. The van der Waals surface area contributed by atoms with Gasteiger partial charge in [0.25, 0.3) is 0 Å². The molecule has 0 saturated carbocycles. The summed E-state index contributed by atoms with van der Waals surface area (Å²) in [6.45, 7) is 10.7. The van der Waals surface area contributed by atoms with Crippen molar-refractivity contribution in [3.8, 4) is 12.3 Å². The number of rotatable bonds is 4. The molecule has 0 amide bonds. The monoisotopic (exact) mass is 229 g/mol. The lowest BCUT2D eigenvalue weighted by molar-refractivity contribution is 0.161. The van der Waals surface area contributed by atoms with Crippen LogP contribution in [-0.2, 0) is 4.43 Å². The van der Waals surface area contributed by atoms with Crippen molar-refractivity contribution in [2.45, 2.75) is 44.4 Å². The van der Waals surface area contributed by atoms with Gasteiger partial charge in [0.1, 0.15) is 5.54 Å². The van der Waals surface area contributed by atoms with E-state index in [9.17, 15) is 0 Å². The predicted octanol–water partition coefficient (Wildman–Crippen LogP) is 1.33. The van der Waals surface area contributed by atoms with Gasteiger partial charge >= 0.3 is 0 Å². The Morgan fingerprint density at radius 2 is 1.87 bits per heavy atom. The minimum absolute atomic E-state index is 0.123. The Hall–Kier alpha value is -0.343. The number of aliphatic hydroxyl groups excluding tert-OH is 1. The molecule has 0 aliphatic rings.